The van der Waals surface area contributed by atoms with E-state index in [1.165, 1.54) is 0 Å². The van der Waals surface area contributed by atoms with Crippen LogP contribution >= 0.6 is 0 Å². The van der Waals surface area contributed by atoms with E-state index in [4.69, 9.17) is 0 Å². The number of rotatable bonds is 6. The third-order valence-corrected chi connectivity index (χ3v) is 4.05. The Morgan fingerprint density at radius 1 is 0.769 bits per heavy atom. The van der Waals surface area contributed by atoms with Crippen LogP contribution in [0.5, 0.6) is 0 Å². The summed E-state index contributed by atoms with van der Waals surface area (Å²) in [5.74, 6) is 0.616. The van der Waals surface area contributed by atoms with Crippen LogP contribution in [0.3, 0.4) is 0 Å². The van der Waals surface area contributed by atoms with Crippen LogP contribution in [-0.2, 0) is 0 Å². The summed E-state index contributed by atoms with van der Waals surface area (Å²) < 4.78 is 0. The standard InChI is InChI=1S/C21H19N5/c1-2-7-18(8-3-1)22-12-13-24-21-23-11-10-20(26-21)17-14-16-6-4-5-9-19(16)25-15-17/h1-11,14-15,22H,12-13H2,(H,23,24,26). The van der Waals surface area contributed by atoms with Gasteiger partial charge in [-0.3, -0.25) is 4.98 Å². The molecule has 0 aliphatic heterocycles. The molecule has 0 saturated heterocycles. The van der Waals surface area contributed by atoms with E-state index in [-0.39, 0.29) is 0 Å². The maximum atomic E-state index is 4.60. The van der Waals surface area contributed by atoms with Gasteiger partial charge in [-0.25, -0.2) is 9.97 Å². The molecule has 0 amide bonds. The number of fused-ring (bicyclic) bond motifs is 1. The lowest BCUT2D eigenvalue weighted by Crippen LogP contribution is -2.15. The van der Waals surface area contributed by atoms with Gasteiger partial charge in [-0.2, -0.15) is 0 Å². The molecule has 0 atom stereocenters. The van der Waals surface area contributed by atoms with Gasteiger partial charge >= 0.3 is 0 Å². The fourth-order valence-electron chi connectivity index (χ4n) is 2.75. The van der Waals surface area contributed by atoms with E-state index >= 15 is 0 Å². The number of hydrogen-bond acceptors (Lipinski definition) is 5. The van der Waals surface area contributed by atoms with Crippen LogP contribution in [0.2, 0.25) is 0 Å². The molecule has 2 aromatic heterocycles. The van der Waals surface area contributed by atoms with E-state index in [0.29, 0.717) is 5.95 Å². The minimum absolute atomic E-state index is 0.616. The molecule has 0 radical (unpaired) electrons. The van der Waals surface area contributed by atoms with Crippen molar-refractivity contribution in [1.29, 1.82) is 0 Å². The fraction of sp³-hybridized carbons (Fsp3) is 0.0952. The van der Waals surface area contributed by atoms with Crippen molar-refractivity contribution < 1.29 is 0 Å². The van der Waals surface area contributed by atoms with Crippen molar-refractivity contribution in [3.05, 3.63) is 79.1 Å². The van der Waals surface area contributed by atoms with E-state index in [2.05, 4.69) is 37.7 Å². The highest BCUT2D eigenvalue weighted by Gasteiger charge is 2.04. The Morgan fingerprint density at radius 3 is 2.50 bits per heavy atom. The molecule has 0 saturated carbocycles. The summed E-state index contributed by atoms with van der Waals surface area (Å²) in [5, 5.41) is 7.71. The van der Waals surface area contributed by atoms with Gasteiger partial charge in [0, 0.05) is 42.1 Å². The minimum Gasteiger partial charge on any atom is -0.383 e. The number of aromatic nitrogens is 3. The Morgan fingerprint density at radius 2 is 1.58 bits per heavy atom. The number of para-hydroxylation sites is 2. The van der Waals surface area contributed by atoms with Gasteiger partial charge in [0.2, 0.25) is 5.95 Å². The van der Waals surface area contributed by atoms with E-state index in [1.807, 2.05) is 60.8 Å². The van der Waals surface area contributed by atoms with Crippen molar-refractivity contribution in [2.75, 3.05) is 23.7 Å². The molecule has 0 aliphatic carbocycles. The summed E-state index contributed by atoms with van der Waals surface area (Å²) in [4.78, 5) is 13.4. The van der Waals surface area contributed by atoms with Gasteiger partial charge in [0.15, 0.2) is 0 Å². The summed E-state index contributed by atoms with van der Waals surface area (Å²) in [6.07, 6.45) is 3.62. The first kappa shape index (κ1) is 16.0. The van der Waals surface area contributed by atoms with Gasteiger partial charge in [-0.1, -0.05) is 36.4 Å². The SMILES string of the molecule is c1ccc(NCCNc2nccc(-c3cnc4ccccc4c3)n2)cc1. The second-order valence-electron chi connectivity index (χ2n) is 5.90. The van der Waals surface area contributed by atoms with Crippen molar-refractivity contribution >= 4 is 22.5 Å². The van der Waals surface area contributed by atoms with E-state index in [0.717, 1.165) is 40.9 Å². The lowest BCUT2D eigenvalue weighted by molar-refractivity contribution is 1.03. The molecule has 2 aromatic carbocycles. The quantitative estimate of drug-likeness (QED) is 0.514. The zero-order chi connectivity index (χ0) is 17.6. The third kappa shape index (κ3) is 3.78. The molecular formula is C21H19N5. The number of nitrogens with zero attached hydrogens (tertiary/aromatic N) is 3. The minimum atomic E-state index is 0.616. The highest BCUT2D eigenvalue weighted by atomic mass is 15.1. The molecular weight excluding hydrogens is 322 g/mol. The Bertz CT molecular complexity index is 1000. The zero-order valence-corrected chi connectivity index (χ0v) is 14.3. The maximum Gasteiger partial charge on any atom is 0.223 e. The molecule has 0 spiro atoms. The predicted molar refractivity (Wildman–Crippen MR) is 106 cm³/mol. The predicted octanol–water partition coefficient (Wildman–Crippen LogP) is 4.22. The molecule has 5 nitrogen and oxygen atoms in total. The molecule has 4 rings (SSSR count). The molecule has 26 heavy (non-hydrogen) atoms. The van der Waals surface area contributed by atoms with Crippen LogP contribution in [0.15, 0.2) is 79.1 Å². The van der Waals surface area contributed by atoms with Gasteiger partial charge in [0.05, 0.1) is 11.2 Å². The van der Waals surface area contributed by atoms with Gasteiger partial charge in [0.25, 0.3) is 0 Å². The molecule has 128 valence electrons. The molecule has 0 aliphatic rings. The number of anilines is 2. The van der Waals surface area contributed by atoms with Crippen LogP contribution in [0, 0.1) is 0 Å². The first-order valence-corrected chi connectivity index (χ1v) is 8.59. The third-order valence-electron chi connectivity index (χ3n) is 4.05. The van der Waals surface area contributed by atoms with Crippen LogP contribution < -0.4 is 10.6 Å². The van der Waals surface area contributed by atoms with Crippen LogP contribution in [0.4, 0.5) is 11.6 Å². The second kappa shape index (κ2) is 7.61. The molecule has 5 heteroatoms. The fourth-order valence-corrected chi connectivity index (χ4v) is 2.75. The monoisotopic (exact) mass is 341 g/mol. The van der Waals surface area contributed by atoms with E-state index in [9.17, 15) is 0 Å². The lowest BCUT2D eigenvalue weighted by atomic mass is 10.1. The number of nitrogens with one attached hydrogen (secondary N) is 2. The molecule has 4 aromatic rings. The van der Waals surface area contributed by atoms with Gasteiger partial charge < -0.3 is 10.6 Å². The Labute approximate surface area is 152 Å². The van der Waals surface area contributed by atoms with E-state index in [1.54, 1.807) is 6.20 Å². The first-order valence-electron chi connectivity index (χ1n) is 8.59. The number of hydrogen-bond donors (Lipinski definition) is 2. The highest BCUT2D eigenvalue weighted by Crippen LogP contribution is 2.21. The maximum absolute atomic E-state index is 4.60. The number of benzene rings is 2. The van der Waals surface area contributed by atoms with E-state index < -0.39 is 0 Å². The molecule has 0 fully saturated rings. The average Bonchev–Trinajstić information content (AvgIpc) is 2.72. The van der Waals surface area contributed by atoms with Crippen molar-refractivity contribution in [2.24, 2.45) is 0 Å². The summed E-state index contributed by atoms with van der Waals surface area (Å²) in [7, 11) is 0. The van der Waals surface area contributed by atoms with Gasteiger partial charge in [-0.05, 0) is 30.3 Å². The lowest BCUT2D eigenvalue weighted by Gasteiger charge is -2.09. The van der Waals surface area contributed by atoms with Crippen LogP contribution in [0.25, 0.3) is 22.2 Å². The average molecular weight is 341 g/mol. The smallest absolute Gasteiger partial charge is 0.223 e. The Kier molecular flexibility index (Phi) is 4.69. The summed E-state index contributed by atoms with van der Waals surface area (Å²) >= 11 is 0. The van der Waals surface area contributed by atoms with Crippen LogP contribution in [-0.4, -0.2) is 28.0 Å². The molecule has 2 N–H and O–H groups in total. The van der Waals surface area contributed by atoms with Gasteiger partial charge in [-0.15, -0.1) is 0 Å². The highest BCUT2D eigenvalue weighted by molar-refractivity contribution is 5.82. The summed E-state index contributed by atoms with van der Waals surface area (Å²) in [5.41, 5.74) is 3.93. The summed E-state index contributed by atoms with van der Waals surface area (Å²) in [6, 6.07) is 22.2. The molecule has 2 heterocycles. The van der Waals surface area contributed by atoms with Gasteiger partial charge in [0.1, 0.15) is 0 Å². The second-order valence-corrected chi connectivity index (χ2v) is 5.90. The topological polar surface area (TPSA) is 62.7 Å². The van der Waals surface area contributed by atoms with Crippen molar-refractivity contribution in [1.82, 2.24) is 15.0 Å². The zero-order valence-electron chi connectivity index (χ0n) is 14.3. The molecule has 0 bridgehead atoms. The van der Waals surface area contributed by atoms with Crippen molar-refractivity contribution in [2.45, 2.75) is 0 Å². The normalized spacial score (nSPS) is 10.6. The van der Waals surface area contributed by atoms with Crippen molar-refractivity contribution in [3.8, 4) is 11.3 Å². The first-order chi connectivity index (χ1) is 12.9. The van der Waals surface area contributed by atoms with Crippen molar-refractivity contribution in [3.63, 3.8) is 0 Å². The summed E-state index contributed by atoms with van der Waals surface area (Å²) in [6.45, 7) is 1.52. The number of pyridine rings is 1. The molecule has 0 unspecified atom stereocenters. The Hall–Kier alpha value is -3.47. The van der Waals surface area contributed by atoms with Crippen LogP contribution in [0.1, 0.15) is 0 Å². The Balaban J connectivity index is 1.42. The largest absolute Gasteiger partial charge is 0.383 e.